The lowest BCUT2D eigenvalue weighted by Gasteiger charge is -2.39. The normalized spacial score (nSPS) is 19.7. The van der Waals surface area contributed by atoms with Gasteiger partial charge in [-0.2, -0.15) is 0 Å². The summed E-state index contributed by atoms with van der Waals surface area (Å²) in [5.41, 5.74) is 1.81. The van der Waals surface area contributed by atoms with E-state index in [4.69, 9.17) is 4.74 Å². The van der Waals surface area contributed by atoms with E-state index in [0.717, 1.165) is 37.1 Å². The molecule has 29 heavy (non-hydrogen) atoms. The van der Waals surface area contributed by atoms with E-state index in [1.807, 2.05) is 65.6 Å². The van der Waals surface area contributed by atoms with E-state index in [0.29, 0.717) is 26.3 Å². The van der Waals surface area contributed by atoms with E-state index in [9.17, 15) is 9.59 Å². The van der Waals surface area contributed by atoms with Gasteiger partial charge in [0.25, 0.3) is 0 Å². The summed E-state index contributed by atoms with van der Waals surface area (Å²) in [7, 11) is 0. The summed E-state index contributed by atoms with van der Waals surface area (Å²) < 4.78 is 5.42. The van der Waals surface area contributed by atoms with E-state index in [-0.39, 0.29) is 23.7 Å². The quantitative estimate of drug-likeness (QED) is 0.734. The van der Waals surface area contributed by atoms with Crippen LogP contribution < -0.4 is 0 Å². The van der Waals surface area contributed by atoms with Crippen molar-refractivity contribution in [3.05, 3.63) is 71.8 Å². The van der Waals surface area contributed by atoms with Gasteiger partial charge in [0.1, 0.15) is 6.04 Å². The molecule has 2 saturated heterocycles. The zero-order valence-corrected chi connectivity index (χ0v) is 16.7. The molecule has 0 spiro atoms. The molecule has 1 atom stereocenters. The van der Waals surface area contributed by atoms with Crippen LogP contribution in [0.1, 0.15) is 34.8 Å². The van der Waals surface area contributed by atoms with Crippen LogP contribution in [0.5, 0.6) is 0 Å². The Labute approximate surface area is 172 Å². The summed E-state index contributed by atoms with van der Waals surface area (Å²) in [6.07, 6.45) is 1.57. The first-order chi connectivity index (χ1) is 14.2. The minimum atomic E-state index is -0.290. The molecule has 2 heterocycles. The Bertz CT molecular complexity index is 811. The fourth-order valence-corrected chi connectivity index (χ4v) is 4.36. The molecule has 0 aliphatic carbocycles. The minimum absolute atomic E-state index is 0.0311. The molecule has 0 N–H and O–H groups in total. The van der Waals surface area contributed by atoms with Crippen LogP contribution in [0.25, 0.3) is 0 Å². The van der Waals surface area contributed by atoms with Crippen LogP contribution in [0, 0.1) is 5.92 Å². The maximum atomic E-state index is 13.4. The van der Waals surface area contributed by atoms with Gasteiger partial charge in [-0.05, 0) is 31.5 Å². The van der Waals surface area contributed by atoms with Crippen molar-refractivity contribution in [3.8, 4) is 0 Å². The molecule has 2 aromatic carbocycles. The van der Waals surface area contributed by atoms with Crippen LogP contribution in [0.15, 0.2) is 60.7 Å². The molecule has 0 bridgehead atoms. The zero-order valence-electron chi connectivity index (χ0n) is 16.7. The first-order valence-corrected chi connectivity index (χ1v) is 10.5. The fraction of sp³-hybridized carbons (Fsp3) is 0.417. The Kier molecular flexibility index (Phi) is 6.37. The summed E-state index contributed by atoms with van der Waals surface area (Å²) in [6, 6.07) is 19.3. The van der Waals surface area contributed by atoms with Crippen LogP contribution in [0.2, 0.25) is 0 Å². The molecule has 2 fully saturated rings. The number of piperidine rings is 1. The number of hydrogen-bond donors (Lipinski definition) is 0. The van der Waals surface area contributed by atoms with Gasteiger partial charge in [0.2, 0.25) is 5.91 Å². The molecule has 152 valence electrons. The number of benzene rings is 2. The van der Waals surface area contributed by atoms with Crippen molar-refractivity contribution in [2.24, 2.45) is 5.92 Å². The number of carbonyl (C=O) groups excluding carboxylic acids is 2. The average Bonchev–Trinajstić information content (AvgIpc) is 2.81. The molecule has 0 aromatic heterocycles. The highest BCUT2D eigenvalue weighted by Gasteiger charge is 2.35. The molecule has 4 rings (SSSR count). The number of rotatable bonds is 5. The highest BCUT2D eigenvalue weighted by Crippen LogP contribution is 2.30. The van der Waals surface area contributed by atoms with Gasteiger partial charge in [-0.1, -0.05) is 60.7 Å². The van der Waals surface area contributed by atoms with Gasteiger partial charge in [-0.3, -0.25) is 14.5 Å². The highest BCUT2D eigenvalue weighted by molar-refractivity contribution is 5.97. The van der Waals surface area contributed by atoms with Crippen LogP contribution in [-0.4, -0.2) is 60.9 Å². The molecule has 5 nitrogen and oxygen atoms in total. The lowest BCUT2D eigenvalue weighted by atomic mass is 9.87. The maximum Gasteiger partial charge on any atom is 0.244 e. The van der Waals surface area contributed by atoms with Gasteiger partial charge >= 0.3 is 0 Å². The number of Topliss-reactive ketones (excluding diaryl/α,β-unsaturated/α-hetero) is 1. The topological polar surface area (TPSA) is 49.9 Å². The Morgan fingerprint density at radius 1 is 0.828 bits per heavy atom. The van der Waals surface area contributed by atoms with Gasteiger partial charge in [-0.25, -0.2) is 0 Å². The molecular weight excluding hydrogens is 364 g/mol. The van der Waals surface area contributed by atoms with Gasteiger partial charge in [-0.15, -0.1) is 0 Å². The molecule has 2 aliphatic heterocycles. The number of carbonyl (C=O) groups is 2. The Hall–Kier alpha value is -2.50. The number of hydrogen-bond acceptors (Lipinski definition) is 4. The first-order valence-electron chi connectivity index (χ1n) is 10.5. The molecule has 0 saturated carbocycles. The van der Waals surface area contributed by atoms with Gasteiger partial charge in [0.15, 0.2) is 5.78 Å². The van der Waals surface area contributed by atoms with Gasteiger partial charge in [0.05, 0.1) is 13.2 Å². The van der Waals surface area contributed by atoms with Gasteiger partial charge < -0.3 is 9.64 Å². The van der Waals surface area contributed by atoms with Gasteiger partial charge in [0, 0.05) is 24.6 Å². The number of ketones is 1. The summed E-state index contributed by atoms with van der Waals surface area (Å²) in [6.45, 7) is 3.98. The van der Waals surface area contributed by atoms with Crippen molar-refractivity contribution >= 4 is 11.7 Å². The second-order valence-corrected chi connectivity index (χ2v) is 7.79. The molecule has 1 unspecified atom stereocenters. The SMILES string of the molecule is O=C(c1ccccc1)C1CCN(C(C(=O)N2CCOCC2)c2ccccc2)CC1. The standard InChI is InChI=1S/C24H28N2O3/c27-23(20-9-5-2-6-10-20)21-11-13-25(14-12-21)22(19-7-3-1-4-8-19)24(28)26-15-17-29-18-16-26/h1-10,21-22H,11-18H2. The van der Waals surface area contributed by atoms with Crippen molar-refractivity contribution in [1.29, 1.82) is 0 Å². The van der Waals surface area contributed by atoms with Crippen molar-refractivity contribution in [2.45, 2.75) is 18.9 Å². The maximum absolute atomic E-state index is 13.4. The third-order valence-electron chi connectivity index (χ3n) is 6.00. The summed E-state index contributed by atoms with van der Waals surface area (Å²) >= 11 is 0. The van der Waals surface area contributed by atoms with Crippen molar-refractivity contribution < 1.29 is 14.3 Å². The molecule has 2 aliphatic rings. The van der Waals surface area contributed by atoms with E-state index in [1.54, 1.807) is 0 Å². The monoisotopic (exact) mass is 392 g/mol. The highest BCUT2D eigenvalue weighted by atomic mass is 16.5. The number of morpholine rings is 1. The Balaban J connectivity index is 1.48. The largest absolute Gasteiger partial charge is 0.378 e. The lowest BCUT2D eigenvalue weighted by molar-refractivity contribution is -0.142. The van der Waals surface area contributed by atoms with E-state index < -0.39 is 0 Å². The zero-order chi connectivity index (χ0) is 20.1. The predicted molar refractivity (Wildman–Crippen MR) is 112 cm³/mol. The Morgan fingerprint density at radius 2 is 1.41 bits per heavy atom. The average molecular weight is 392 g/mol. The minimum Gasteiger partial charge on any atom is -0.378 e. The number of likely N-dealkylation sites (tertiary alicyclic amines) is 1. The second-order valence-electron chi connectivity index (χ2n) is 7.79. The molecule has 2 aromatic rings. The van der Waals surface area contributed by atoms with E-state index in [2.05, 4.69) is 4.90 Å². The van der Waals surface area contributed by atoms with Crippen LogP contribution in [0.3, 0.4) is 0 Å². The van der Waals surface area contributed by atoms with E-state index >= 15 is 0 Å². The second kappa shape index (κ2) is 9.33. The van der Waals surface area contributed by atoms with Crippen LogP contribution >= 0.6 is 0 Å². The third-order valence-corrected chi connectivity index (χ3v) is 6.00. The summed E-state index contributed by atoms with van der Waals surface area (Å²) in [5.74, 6) is 0.400. The first kappa shape index (κ1) is 19.8. The molecule has 5 heteroatoms. The van der Waals surface area contributed by atoms with Crippen LogP contribution in [0.4, 0.5) is 0 Å². The van der Waals surface area contributed by atoms with Crippen molar-refractivity contribution in [1.82, 2.24) is 9.80 Å². The molecule has 0 radical (unpaired) electrons. The predicted octanol–water partition coefficient (Wildman–Crippen LogP) is 3.18. The smallest absolute Gasteiger partial charge is 0.244 e. The number of amides is 1. The van der Waals surface area contributed by atoms with Crippen molar-refractivity contribution in [3.63, 3.8) is 0 Å². The molecule has 1 amide bonds. The van der Waals surface area contributed by atoms with Crippen molar-refractivity contribution in [2.75, 3.05) is 39.4 Å². The Morgan fingerprint density at radius 3 is 2.03 bits per heavy atom. The van der Waals surface area contributed by atoms with Crippen LogP contribution in [-0.2, 0) is 9.53 Å². The summed E-state index contributed by atoms with van der Waals surface area (Å²) in [5, 5.41) is 0. The third kappa shape index (κ3) is 4.57. The lowest BCUT2D eigenvalue weighted by Crippen LogP contribution is -2.49. The number of nitrogens with zero attached hydrogens (tertiary/aromatic N) is 2. The number of ether oxygens (including phenoxy) is 1. The van der Waals surface area contributed by atoms with E-state index in [1.165, 1.54) is 0 Å². The summed E-state index contributed by atoms with van der Waals surface area (Å²) in [4.78, 5) is 30.4. The molecular formula is C24H28N2O3. The fourth-order valence-electron chi connectivity index (χ4n) is 4.36.